The topological polar surface area (TPSA) is 0 Å². The molecule has 0 nitrogen and oxygen atoms in total. The van der Waals surface area contributed by atoms with E-state index in [0.717, 1.165) is 0 Å². The van der Waals surface area contributed by atoms with Crippen molar-refractivity contribution in [2.45, 2.75) is 52.4 Å². The summed E-state index contributed by atoms with van der Waals surface area (Å²) >= 11 is 0. The van der Waals surface area contributed by atoms with Crippen LogP contribution in [0.3, 0.4) is 0 Å². The molecule has 0 saturated heterocycles. The average Bonchev–Trinajstić information content (AvgIpc) is 2.60. The summed E-state index contributed by atoms with van der Waals surface area (Å²) in [6, 6.07) is 27.4. The van der Waals surface area contributed by atoms with Crippen LogP contribution in [0, 0.1) is 6.07 Å². The summed E-state index contributed by atoms with van der Waals surface area (Å²) in [5.41, 5.74) is 7.90. The average molecular weight is 342 g/mol. The zero-order chi connectivity index (χ0) is 18.9. The van der Waals surface area contributed by atoms with E-state index in [0.29, 0.717) is 0 Å². The van der Waals surface area contributed by atoms with Gasteiger partial charge in [0.2, 0.25) is 0 Å². The van der Waals surface area contributed by atoms with Crippen LogP contribution in [0.5, 0.6) is 0 Å². The number of hydrogen-bond acceptors (Lipinski definition) is 0. The van der Waals surface area contributed by atoms with Crippen LogP contribution in [0.1, 0.15) is 52.7 Å². The van der Waals surface area contributed by atoms with E-state index < -0.39 is 0 Å². The van der Waals surface area contributed by atoms with Gasteiger partial charge in [0.05, 0.1) is 0 Å². The minimum absolute atomic E-state index is 0.0637. The molecule has 0 fully saturated rings. The van der Waals surface area contributed by atoms with Crippen molar-refractivity contribution in [2.75, 3.05) is 0 Å². The largest absolute Gasteiger partial charge is 0.0622 e. The van der Waals surface area contributed by atoms with Gasteiger partial charge in [-0.15, -0.1) is 0 Å². The Kier molecular flexibility index (Phi) is 4.80. The quantitative estimate of drug-likeness (QED) is 0.455. The first-order chi connectivity index (χ1) is 12.2. The maximum atomic E-state index is 3.52. The lowest BCUT2D eigenvalue weighted by Gasteiger charge is -2.28. The highest BCUT2D eigenvalue weighted by atomic mass is 14.3. The van der Waals surface area contributed by atoms with Gasteiger partial charge in [-0.25, -0.2) is 0 Å². The Balaban J connectivity index is 2.26. The van der Waals surface area contributed by atoms with Gasteiger partial charge in [0.25, 0.3) is 0 Å². The Morgan fingerprint density at radius 3 is 1.96 bits per heavy atom. The minimum Gasteiger partial charge on any atom is -0.0622 e. The monoisotopic (exact) mass is 341 g/mol. The van der Waals surface area contributed by atoms with E-state index in [-0.39, 0.29) is 10.8 Å². The summed E-state index contributed by atoms with van der Waals surface area (Å²) < 4.78 is 0. The van der Waals surface area contributed by atoms with Crippen molar-refractivity contribution in [3.8, 4) is 22.3 Å². The van der Waals surface area contributed by atoms with Gasteiger partial charge in [0, 0.05) is 0 Å². The second-order valence-electron chi connectivity index (χ2n) is 9.09. The maximum Gasteiger partial charge on any atom is -0.00236 e. The van der Waals surface area contributed by atoms with Crippen molar-refractivity contribution in [1.82, 2.24) is 0 Å². The summed E-state index contributed by atoms with van der Waals surface area (Å²) in [5.74, 6) is 0. The molecule has 0 heteroatoms. The van der Waals surface area contributed by atoms with Gasteiger partial charge in [-0.2, -0.15) is 0 Å². The molecule has 26 heavy (non-hydrogen) atoms. The second kappa shape index (κ2) is 6.76. The zero-order valence-electron chi connectivity index (χ0n) is 16.9. The van der Waals surface area contributed by atoms with Gasteiger partial charge < -0.3 is 0 Å². The Bertz CT molecular complexity index is 887. The van der Waals surface area contributed by atoms with Crippen LogP contribution in [0.15, 0.2) is 66.7 Å². The van der Waals surface area contributed by atoms with E-state index in [4.69, 9.17) is 0 Å². The molecule has 3 rings (SSSR count). The normalized spacial score (nSPS) is 12.2. The molecule has 0 saturated carbocycles. The van der Waals surface area contributed by atoms with Crippen LogP contribution in [-0.4, -0.2) is 0 Å². The molecule has 0 unspecified atom stereocenters. The molecule has 0 bridgehead atoms. The van der Waals surface area contributed by atoms with Crippen molar-refractivity contribution >= 4 is 0 Å². The molecule has 0 aliphatic rings. The fraction of sp³-hybridized carbons (Fsp3) is 0.308. The highest BCUT2D eigenvalue weighted by Crippen LogP contribution is 2.40. The van der Waals surface area contributed by atoms with E-state index in [1.165, 1.54) is 33.4 Å². The van der Waals surface area contributed by atoms with Crippen LogP contribution < -0.4 is 0 Å². The van der Waals surface area contributed by atoms with Crippen LogP contribution in [0.4, 0.5) is 0 Å². The second-order valence-corrected chi connectivity index (χ2v) is 9.09. The molecule has 0 atom stereocenters. The molecule has 133 valence electrons. The molecular formula is C26H29. The van der Waals surface area contributed by atoms with Crippen LogP contribution in [0.2, 0.25) is 0 Å². The fourth-order valence-electron chi connectivity index (χ4n) is 3.37. The van der Waals surface area contributed by atoms with Gasteiger partial charge in [-0.1, -0.05) is 108 Å². The Hall–Kier alpha value is -2.34. The summed E-state index contributed by atoms with van der Waals surface area (Å²) in [6.45, 7) is 13.7. The third kappa shape index (κ3) is 3.75. The standard InChI is InChI=1S/C26H29/c1-25(2,3)20-16-17-23(24(18-20)26(4,5)6)22-15-11-10-14-21(22)19-12-8-7-9-13-19/h7-14,16-18H,1-6H3. The van der Waals surface area contributed by atoms with Crippen molar-refractivity contribution in [2.24, 2.45) is 0 Å². The van der Waals surface area contributed by atoms with Crippen LogP contribution >= 0.6 is 0 Å². The van der Waals surface area contributed by atoms with Crippen LogP contribution in [-0.2, 0) is 10.8 Å². The molecule has 3 aromatic rings. The molecule has 3 aromatic carbocycles. The highest BCUT2D eigenvalue weighted by Gasteiger charge is 2.23. The molecule has 0 amide bonds. The van der Waals surface area contributed by atoms with Gasteiger partial charge in [0.15, 0.2) is 0 Å². The SMILES string of the molecule is CC(C)(C)c1ccc(-c2[c]cccc2-c2ccccc2)c(C(C)(C)C)c1. The first-order valence-electron chi connectivity index (χ1n) is 9.39. The summed E-state index contributed by atoms with van der Waals surface area (Å²) in [4.78, 5) is 0. The number of rotatable bonds is 2. The van der Waals surface area contributed by atoms with Crippen molar-refractivity contribution in [1.29, 1.82) is 0 Å². The molecule has 0 N–H and O–H groups in total. The predicted octanol–water partition coefficient (Wildman–Crippen LogP) is 7.42. The van der Waals surface area contributed by atoms with Gasteiger partial charge in [-0.3, -0.25) is 0 Å². The van der Waals surface area contributed by atoms with Crippen molar-refractivity contribution < 1.29 is 0 Å². The Morgan fingerprint density at radius 2 is 1.35 bits per heavy atom. The lowest BCUT2D eigenvalue weighted by Crippen LogP contribution is -2.17. The summed E-state index contributed by atoms with van der Waals surface area (Å²) in [7, 11) is 0. The first kappa shape index (κ1) is 18.5. The van der Waals surface area contributed by atoms with E-state index in [1.807, 2.05) is 6.07 Å². The summed E-state index contributed by atoms with van der Waals surface area (Å²) in [6.07, 6.45) is 0. The van der Waals surface area contributed by atoms with Gasteiger partial charge in [-0.05, 0) is 50.3 Å². The third-order valence-corrected chi connectivity index (χ3v) is 4.90. The summed E-state index contributed by atoms with van der Waals surface area (Å²) in [5, 5.41) is 0. The van der Waals surface area contributed by atoms with E-state index >= 15 is 0 Å². The van der Waals surface area contributed by atoms with Gasteiger partial charge in [0.1, 0.15) is 0 Å². The molecule has 0 aliphatic carbocycles. The molecule has 1 radical (unpaired) electrons. The third-order valence-electron chi connectivity index (χ3n) is 4.90. The van der Waals surface area contributed by atoms with E-state index in [9.17, 15) is 0 Å². The van der Waals surface area contributed by atoms with Gasteiger partial charge >= 0.3 is 0 Å². The lowest BCUT2D eigenvalue weighted by molar-refractivity contribution is 0.570. The number of benzene rings is 3. The molecule has 0 aliphatic heterocycles. The van der Waals surface area contributed by atoms with E-state index in [1.54, 1.807) is 0 Å². The lowest BCUT2D eigenvalue weighted by atomic mass is 9.76. The highest BCUT2D eigenvalue weighted by molar-refractivity contribution is 5.85. The van der Waals surface area contributed by atoms with Crippen LogP contribution in [0.25, 0.3) is 22.3 Å². The minimum atomic E-state index is 0.0637. The first-order valence-corrected chi connectivity index (χ1v) is 9.39. The predicted molar refractivity (Wildman–Crippen MR) is 114 cm³/mol. The molecular weight excluding hydrogens is 312 g/mol. The van der Waals surface area contributed by atoms with Crippen molar-refractivity contribution in [3.05, 3.63) is 83.9 Å². The Labute approximate surface area is 158 Å². The Morgan fingerprint density at radius 1 is 0.654 bits per heavy atom. The van der Waals surface area contributed by atoms with E-state index in [2.05, 4.69) is 108 Å². The zero-order valence-corrected chi connectivity index (χ0v) is 16.9. The molecule has 0 spiro atoms. The maximum absolute atomic E-state index is 3.52. The van der Waals surface area contributed by atoms with Crippen molar-refractivity contribution in [3.63, 3.8) is 0 Å². The fourth-order valence-corrected chi connectivity index (χ4v) is 3.37. The molecule has 0 aromatic heterocycles. The number of hydrogen-bond donors (Lipinski definition) is 0. The molecule has 0 heterocycles. The smallest absolute Gasteiger partial charge is 0.00236 e.